The third-order valence-electron chi connectivity index (χ3n) is 6.01. The van der Waals surface area contributed by atoms with E-state index in [1.165, 1.54) is 12.0 Å². The summed E-state index contributed by atoms with van der Waals surface area (Å²) in [6.07, 6.45) is 6.22. The Labute approximate surface area is 177 Å². The first-order chi connectivity index (χ1) is 14.6. The van der Waals surface area contributed by atoms with E-state index in [-0.39, 0.29) is 11.5 Å². The summed E-state index contributed by atoms with van der Waals surface area (Å²) in [7, 11) is 1.81. The molecule has 5 heteroatoms. The fourth-order valence-electron chi connectivity index (χ4n) is 4.17. The summed E-state index contributed by atoms with van der Waals surface area (Å²) < 4.78 is 1.83. The topological polar surface area (TPSA) is 55.2 Å². The van der Waals surface area contributed by atoms with E-state index in [4.69, 9.17) is 4.98 Å². The van der Waals surface area contributed by atoms with Crippen LogP contribution in [-0.4, -0.2) is 27.4 Å². The lowest BCUT2D eigenvalue weighted by Crippen LogP contribution is -2.28. The lowest BCUT2D eigenvalue weighted by Gasteiger charge is -2.19. The predicted molar refractivity (Wildman–Crippen MR) is 120 cm³/mol. The van der Waals surface area contributed by atoms with Crippen LogP contribution in [0.15, 0.2) is 47.3 Å². The highest BCUT2D eigenvalue weighted by molar-refractivity contribution is 5.97. The average Bonchev–Trinajstić information content (AvgIpc) is 2.74. The van der Waals surface area contributed by atoms with E-state index in [2.05, 4.69) is 31.2 Å². The molecular weight excluding hydrogens is 374 g/mol. The fraction of sp³-hybridized carbons (Fsp3) is 0.400. The zero-order chi connectivity index (χ0) is 21.1. The van der Waals surface area contributed by atoms with Gasteiger partial charge in [0.15, 0.2) is 0 Å². The monoisotopic (exact) mass is 403 g/mol. The predicted octanol–water partition coefficient (Wildman–Crippen LogP) is 4.35. The number of rotatable bonds is 4. The highest BCUT2D eigenvalue weighted by Gasteiger charge is 2.17. The molecule has 1 amide bonds. The summed E-state index contributed by atoms with van der Waals surface area (Å²) in [5.41, 5.74) is 3.59. The molecule has 1 aromatic heterocycles. The van der Waals surface area contributed by atoms with Crippen LogP contribution in [0.2, 0.25) is 0 Å². The van der Waals surface area contributed by atoms with Gasteiger partial charge in [0.2, 0.25) is 0 Å². The maximum absolute atomic E-state index is 13.0. The number of aryl methyl sites for hydroxylation is 2. The van der Waals surface area contributed by atoms with Crippen molar-refractivity contribution >= 4 is 16.8 Å². The molecule has 2 aromatic carbocycles. The van der Waals surface area contributed by atoms with Crippen LogP contribution in [0.25, 0.3) is 10.9 Å². The Kier molecular flexibility index (Phi) is 5.98. The summed E-state index contributed by atoms with van der Waals surface area (Å²) >= 11 is 0. The van der Waals surface area contributed by atoms with E-state index in [0.29, 0.717) is 23.0 Å². The van der Waals surface area contributed by atoms with Crippen molar-refractivity contribution in [2.24, 2.45) is 0 Å². The molecule has 0 aliphatic carbocycles. The molecule has 4 rings (SSSR count). The van der Waals surface area contributed by atoms with Crippen molar-refractivity contribution in [2.45, 2.75) is 58.5 Å². The molecule has 0 unspecified atom stereocenters. The standard InChI is InChI=1S/C25H29N3O2/c1-3-18-9-11-19(12-10-18)17-27(2)24(29)20-13-14-21-22(16-20)26-23-8-6-4-5-7-15-28(23)25(21)30/h9-14,16H,3-8,15,17H2,1-2H3. The number of carbonyl (C=O) groups is 1. The van der Waals surface area contributed by atoms with Crippen molar-refractivity contribution in [1.82, 2.24) is 14.5 Å². The lowest BCUT2D eigenvalue weighted by molar-refractivity contribution is 0.0785. The zero-order valence-electron chi connectivity index (χ0n) is 17.9. The van der Waals surface area contributed by atoms with Gasteiger partial charge in [-0.15, -0.1) is 0 Å². The van der Waals surface area contributed by atoms with Crippen molar-refractivity contribution < 1.29 is 4.79 Å². The molecule has 0 saturated heterocycles. The van der Waals surface area contributed by atoms with Crippen molar-refractivity contribution in [2.75, 3.05) is 7.05 Å². The molecule has 3 aromatic rings. The van der Waals surface area contributed by atoms with Gasteiger partial charge >= 0.3 is 0 Å². The molecule has 5 nitrogen and oxygen atoms in total. The first kappa shape index (κ1) is 20.3. The van der Waals surface area contributed by atoms with Crippen LogP contribution in [0.1, 0.15) is 59.9 Å². The number of carbonyl (C=O) groups excluding carboxylic acids is 1. The molecule has 0 N–H and O–H groups in total. The van der Waals surface area contributed by atoms with Gasteiger partial charge < -0.3 is 4.90 Å². The van der Waals surface area contributed by atoms with Gasteiger partial charge in [0.05, 0.1) is 10.9 Å². The first-order valence-corrected chi connectivity index (χ1v) is 10.9. The number of benzene rings is 2. The third-order valence-corrected chi connectivity index (χ3v) is 6.01. The summed E-state index contributed by atoms with van der Waals surface area (Å²) in [6.45, 7) is 3.41. The van der Waals surface area contributed by atoms with Crippen LogP contribution in [0.3, 0.4) is 0 Å². The van der Waals surface area contributed by atoms with Crippen LogP contribution >= 0.6 is 0 Å². The third kappa shape index (κ3) is 4.16. The second kappa shape index (κ2) is 8.82. The van der Waals surface area contributed by atoms with E-state index in [1.54, 1.807) is 23.1 Å². The van der Waals surface area contributed by atoms with E-state index in [9.17, 15) is 9.59 Å². The molecule has 2 heterocycles. The molecule has 156 valence electrons. The smallest absolute Gasteiger partial charge is 0.261 e. The summed E-state index contributed by atoms with van der Waals surface area (Å²) in [5.74, 6) is 0.784. The summed E-state index contributed by atoms with van der Waals surface area (Å²) in [6, 6.07) is 13.6. The quantitative estimate of drug-likeness (QED) is 0.651. The van der Waals surface area contributed by atoms with Crippen molar-refractivity contribution in [3.05, 3.63) is 75.3 Å². The number of fused-ring (bicyclic) bond motifs is 2. The minimum absolute atomic E-state index is 0.0141. The maximum Gasteiger partial charge on any atom is 0.261 e. The molecular formula is C25H29N3O2. The van der Waals surface area contributed by atoms with E-state index < -0.39 is 0 Å². The van der Waals surface area contributed by atoms with Crippen molar-refractivity contribution in [3.8, 4) is 0 Å². The second-order valence-electron chi connectivity index (χ2n) is 8.21. The van der Waals surface area contributed by atoms with E-state index in [1.807, 2.05) is 11.6 Å². The second-order valence-corrected chi connectivity index (χ2v) is 8.21. The van der Waals surface area contributed by atoms with Gasteiger partial charge in [-0.05, 0) is 48.6 Å². The van der Waals surface area contributed by atoms with Crippen LogP contribution < -0.4 is 5.56 Å². The van der Waals surface area contributed by atoms with Crippen molar-refractivity contribution in [1.29, 1.82) is 0 Å². The Morgan fingerprint density at radius 3 is 2.53 bits per heavy atom. The van der Waals surface area contributed by atoms with Crippen LogP contribution in [0.5, 0.6) is 0 Å². The number of hydrogen-bond acceptors (Lipinski definition) is 3. The van der Waals surface area contributed by atoms with Crippen LogP contribution in [0, 0.1) is 0 Å². The number of aromatic nitrogens is 2. The minimum Gasteiger partial charge on any atom is -0.337 e. The van der Waals surface area contributed by atoms with Crippen molar-refractivity contribution in [3.63, 3.8) is 0 Å². The van der Waals surface area contributed by atoms with Gasteiger partial charge in [-0.25, -0.2) is 4.98 Å². The highest BCUT2D eigenvalue weighted by atomic mass is 16.2. The Bertz CT molecular complexity index is 1120. The van der Waals surface area contributed by atoms with Gasteiger partial charge in [0.25, 0.3) is 11.5 Å². The molecule has 1 aliphatic heterocycles. The molecule has 0 radical (unpaired) electrons. The highest BCUT2D eigenvalue weighted by Crippen LogP contribution is 2.18. The Hall–Kier alpha value is -2.95. The largest absolute Gasteiger partial charge is 0.337 e. The Balaban J connectivity index is 1.60. The average molecular weight is 404 g/mol. The number of hydrogen-bond donors (Lipinski definition) is 0. The molecule has 1 aliphatic rings. The molecule has 0 saturated carbocycles. The number of nitrogens with zero attached hydrogens (tertiary/aromatic N) is 3. The van der Waals surface area contributed by atoms with Gasteiger partial charge in [0, 0.05) is 32.1 Å². The zero-order valence-corrected chi connectivity index (χ0v) is 17.9. The first-order valence-electron chi connectivity index (χ1n) is 10.9. The molecule has 0 fully saturated rings. The Morgan fingerprint density at radius 2 is 1.77 bits per heavy atom. The normalized spacial score (nSPS) is 14.1. The van der Waals surface area contributed by atoms with Gasteiger partial charge in [-0.2, -0.15) is 0 Å². The molecule has 0 spiro atoms. The number of amides is 1. The molecule has 30 heavy (non-hydrogen) atoms. The lowest BCUT2D eigenvalue weighted by atomic mass is 10.1. The SMILES string of the molecule is CCc1ccc(CN(C)C(=O)c2ccc3c(=O)n4c(nc3c2)CCCCCC4)cc1. The van der Waals surface area contributed by atoms with Gasteiger partial charge in [-0.3, -0.25) is 14.2 Å². The molecule has 0 bridgehead atoms. The van der Waals surface area contributed by atoms with E-state index in [0.717, 1.165) is 50.0 Å². The van der Waals surface area contributed by atoms with Gasteiger partial charge in [-0.1, -0.05) is 44.0 Å². The maximum atomic E-state index is 13.0. The van der Waals surface area contributed by atoms with Crippen LogP contribution in [-0.2, 0) is 25.9 Å². The minimum atomic E-state index is -0.0647. The summed E-state index contributed by atoms with van der Waals surface area (Å²) in [5, 5.41) is 0.591. The van der Waals surface area contributed by atoms with E-state index >= 15 is 0 Å². The van der Waals surface area contributed by atoms with Gasteiger partial charge in [0.1, 0.15) is 5.82 Å². The molecule has 0 atom stereocenters. The van der Waals surface area contributed by atoms with Crippen LogP contribution in [0.4, 0.5) is 0 Å². The summed E-state index contributed by atoms with van der Waals surface area (Å²) in [4.78, 5) is 32.5. The fourth-order valence-corrected chi connectivity index (χ4v) is 4.17. The Morgan fingerprint density at radius 1 is 1.03 bits per heavy atom.